The number of alkyl halides is 3. The lowest BCUT2D eigenvalue weighted by molar-refractivity contribution is -0.384. The molecule has 2 aliphatic rings. The third-order valence-electron chi connectivity index (χ3n) is 5.12. The van der Waals surface area contributed by atoms with Crippen LogP contribution in [0, 0.1) is 10.1 Å². The van der Waals surface area contributed by atoms with Gasteiger partial charge in [-0.25, -0.2) is 0 Å². The van der Waals surface area contributed by atoms with Crippen molar-refractivity contribution < 1.29 is 22.9 Å². The van der Waals surface area contributed by atoms with Gasteiger partial charge >= 0.3 is 6.18 Å². The van der Waals surface area contributed by atoms with Crippen LogP contribution >= 0.6 is 12.4 Å². The Hall–Kier alpha value is -2.07. The summed E-state index contributed by atoms with van der Waals surface area (Å²) in [5.74, 6) is -0.0340. The number of nitrogens with one attached hydrogen (secondary N) is 2. The number of fused-ring (bicyclic) bond motifs is 2. The summed E-state index contributed by atoms with van der Waals surface area (Å²) in [5.41, 5.74) is -1.76. The number of hydrogen-bond acceptors (Lipinski definition) is 5. The SMILES string of the molecule is Cl.O=C(CCNc1ccc(C(F)(F)F)cc1[N+](=O)[O-])N1C2CCNCC1CC2. The molecule has 156 valence electrons. The van der Waals surface area contributed by atoms with Crippen molar-refractivity contribution in [1.29, 1.82) is 0 Å². The van der Waals surface area contributed by atoms with E-state index in [-0.39, 0.29) is 49.1 Å². The van der Waals surface area contributed by atoms with Gasteiger partial charge in [-0.2, -0.15) is 13.2 Å². The van der Waals surface area contributed by atoms with Crippen molar-refractivity contribution in [1.82, 2.24) is 10.2 Å². The molecule has 2 atom stereocenters. The first kappa shape index (κ1) is 22.2. The lowest BCUT2D eigenvalue weighted by Crippen LogP contribution is -2.43. The first-order valence-electron chi connectivity index (χ1n) is 8.89. The second-order valence-corrected chi connectivity index (χ2v) is 6.84. The minimum atomic E-state index is -4.65. The molecule has 1 aromatic carbocycles. The van der Waals surface area contributed by atoms with Gasteiger partial charge in [-0.3, -0.25) is 14.9 Å². The van der Waals surface area contributed by atoms with E-state index in [1.54, 1.807) is 0 Å². The van der Waals surface area contributed by atoms with Crippen LogP contribution in [0.1, 0.15) is 31.2 Å². The van der Waals surface area contributed by atoms with Gasteiger partial charge in [0.2, 0.25) is 5.91 Å². The fraction of sp³-hybridized carbons (Fsp3) is 0.588. The molecule has 2 saturated heterocycles. The number of carbonyl (C=O) groups excluding carboxylic acids is 1. The molecule has 2 aliphatic heterocycles. The number of carbonyl (C=O) groups is 1. The third kappa shape index (κ3) is 4.85. The standard InChI is InChI=1S/C17H21F3N4O3.ClH/c18-17(19,20)11-1-4-14(15(9-11)24(26)27)22-8-6-16(25)23-12-2-3-13(23)10-21-7-5-12;/h1,4,9,12-13,21-22H,2-3,5-8,10H2;1H. The summed E-state index contributed by atoms with van der Waals surface area (Å²) < 4.78 is 38.2. The first-order chi connectivity index (χ1) is 12.8. The molecule has 0 aromatic heterocycles. The number of rotatable bonds is 5. The molecule has 2 bridgehead atoms. The van der Waals surface area contributed by atoms with Gasteiger partial charge in [0.1, 0.15) is 5.69 Å². The maximum absolute atomic E-state index is 12.7. The van der Waals surface area contributed by atoms with E-state index in [4.69, 9.17) is 0 Å². The van der Waals surface area contributed by atoms with E-state index >= 15 is 0 Å². The van der Waals surface area contributed by atoms with E-state index in [9.17, 15) is 28.1 Å². The Balaban J connectivity index is 0.00000280. The maximum Gasteiger partial charge on any atom is 0.416 e. The van der Waals surface area contributed by atoms with Crippen LogP contribution < -0.4 is 10.6 Å². The second kappa shape index (κ2) is 8.95. The molecule has 0 radical (unpaired) electrons. The molecule has 0 spiro atoms. The predicted octanol–water partition coefficient (Wildman–Crippen LogP) is 3.19. The molecule has 11 heteroatoms. The summed E-state index contributed by atoms with van der Waals surface area (Å²) in [6.07, 6.45) is -1.68. The quantitative estimate of drug-likeness (QED) is 0.562. The van der Waals surface area contributed by atoms with Gasteiger partial charge < -0.3 is 15.5 Å². The number of nitro benzene ring substituents is 1. The summed E-state index contributed by atoms with van der Waals surface area (Å²) >= 11 is 0. The number of benzene rings is 1. The lowest BCUT2D eigenvalue weighted by Gasteiger charge is -2.28. The lowest BCUT2D eigenvalue weighted by atomic mass is 10.1. The number of anilines is 1. The average Bonchev–Trinajstić information content (AvgIpc) is 2.86. The van der Waals surface area contributed by atoms with E-state index in [0.29, 0.717) is 6.07 Å². The summed E-state index contributed by atoms with van der Waals surface area (Å²) in [6.45, 7) is 1.76. The Morgan fingerprint density at radius 1 is 1.29 bits per heavy atom. The van der Waals surface area contributed by atoms with Gasteiger partial charge in [0.15, 0.2) is 0 Å². The van der Waals surface area contributed by atoms with E-state index in [2.05, 4.69) is 10.6 Å². The molecule has 2 heterocycles. The Morgan fingerprint density at radius 3 is 2.68 bits per heavy atom. The number of hydrogen-bond donors (Lipinski definition) is 2. The Labute approximate surface area is 166 Å². The number of nitrogens with zero attached hydrogens (tertiary/aromatic N) is 2. The van der Waals surface area contributed by atoms with Crippen molar-refractivity contribution in [2.45, 2.75) is 43.9 Å². The number of amides is 1. The Morgan fingerprint density at radius 2 is 2.00 bits per heavy atom. The van der Waals surface area contributed by atoms with Crippen molar-refractivity contribution in [3.05, 3.63) is 33.9 Å². The van der Waals surface area contributed by atoms with Crippen LogP contribution in [0.5, 0.6) is 0 Å². The van der Waals surface area contributed by atoms with Crippen LogP contribution in [0.2, 0.25) is 0 Å². The molecule has 2 unspecified atom stereocenters. The monoisotopic (exact) mass is 422 g/mol. The van der Waals surface area contributed by atoms with Crippen LogP contribution in [0.3, 0.4) is 0 Å². The van der Waals surface area contributed by atoms with E-state index in [1.165, 1.54) is 0 Å². The molecular formula is C17H22ClF3N4O3. The van der Waals surface area contributed by atoms with Gasteiger partial charge in [-0.05, 0) is 37.9 Å². The van der Waals surface area contributed by atoms with Crippen molar-refractivity contribution in [3.63, 3.8) is 0 Å². The topological polar surface area (TPSA) is 87.5 Å². The summed E-state index contributed by atoms with van der Waals surface area (Å²) in [4.78, 5) is 24.7. The fourth-order valence-electron chi connectivity index (χ4n) is 3.83. The molecule has 3 rings (SSSR count). The molecule has 0 saturated carbocycles. The zero-order chi connectivity index (χ0) is 19.6. The van der Waals surface area contributed by atoms with E-state index in [0.717, 1.165) is 44.5 Å². The molecular weight excluding hydrogens is 401 g/mol. The second-order valence-electron chi connectivity index (χ2n) is 6.84. The molecule has 2 N–H and O–H groups in total. The minimum Gasteiger partial charge on any atom is -0.379 e. The molecule has 0 aliphatic carbocycles. The highest BCUT2D eigenvalue weighted by Gasteiger charge is 2.37. The van der Waals surface area contributed by atoms with Crippen LogP contribution in [-0.2, 0) is 11.0 Å². The van der Waals surface area contributed by atoms with Gasteiger partial charge in [0.05, 0.1) is 10.5 Å². The maximum atomic E-state index is 12.7. The van der Waals surface area contributed by atoms with E-state index < -0.39 is 22.4 Å². The van der Waals surface area contributed by atoms with Crippen molar-refractivity contribution in [2.75, 3.05) is 25.0 Å². The smallest absolute Gasteiger partial charge is 0.379 e. The van der Waals surface area contributed by atoms with Crippen LogP contribution in [-0.4, -0.2) is 47.4 Å². The highest BCUT2D eigenvalue weighted by molar-refractivity contribution is 5.85. The van der Waals surface area contributed by atoms with Crippen molar-refractivity contribution >= 4 is 29.7 Å². The molecule has 1 aromatic rings. The highest BCUT2D eigenvalue weighted by atomic mass is 35.5. The predicted molar refractivity (Wildman–Crippen MR) is 99.6 cm³/mol. The van der Waals surface area contributed by atoms with E-state index in [1.807, 2.05) is 4.90 Å². The number of nitro groups is 1. The Kier molecular flexibility index (Phi) is 7.11. The van der Waals surface area contributed by atoms with Gasteiger partial charge in [0, 0.05) is 37.7 Å². The molecule has 1 amide bonds. The van der Waals surface area contributed by atoms with Crippen LogP contribution in [0.25, 0.3) is 0 Å². The van der Waals surface area contributed by atoms with Gasteiger partial charge in [-0.15, -0.1) is 12.4 Å². The summed E-state index contributed by atoms with van der Waals surface area (Å²) in [5, 5.41) is 17.1. The summed E-state index contributed by atoms with van der Waals surface area (Å²) in [6, 6.07) is 2.72. The van der Waals surface area contributed by atoms with Gasteiger partial charge in [0.25, 0.3) is 5.69 Å². The highest BCUT2D eigenvalue weighted by Crippen LogP contribution is 2.35. The van der Waals surface area contributed by atoms with Crippen molar-refractivity contribution in [3.8, 4) is 0 Å². The average molecular weight is 423 g/mol. The normalized spacial score (nSPS) is 21.6. The van der Waals surface area contributed by atoms with Crippen LogP contribution in [0.15, 0.2) is 18.2 Å². The van der Waals surface area contributed by atoms with Gasteiger partial charge in [-0.1, -0.05) is 0 Å². The zero-order valence-electron chi connectivity index (χ0n) is 15.0. The van der Waals surface area contributed by atoms with Crippen LogP contribution in [0.4, 0.5) is 24.5 Å². The van der Waals surface area contributed by atoms with Crippen molar-refractivity contribution in [2.24, 2.45) is 0 Å². The Bertz CT molecular complexity index is 718. The zero-order valence-corrected chi connectivity index (χ0v) is 15.8. The fourth-order valence-corrected chi connectivity index (χ4v) is 3.83. The summed E-state index contributed by atoms with van der Waals surface area (Å²) in [7, 11) is 0. The molecule has 28 heavy (non-hydrogen) atoms. The molecule has 7 nitrogen and oxygen atoms in total. The number of halogens is 4. The minimum absolute atomic E-state index is 0. The third-order valence-corrected chi connectivity index (χ3v) is 5.12. The molecule has 2 fully saturated rings. The first-order valence-corrected chi connectivity index (χ1v) is 8.89. The largest absolute Gasteiger partial charge is 0.416 e.